The Morgan fingerprint density at radius 3 is 1.83 bits per heavy atom. The Labute approximate surface area is 133 Å². The summed E-state index contributed by atoms with van der Waals surface area (Å²) in [5.74, 6) is -3.12. The highest BCUT2D eigenvalue weighted by Crippen LogP contribution is 2.29. The third kappa shape index (κ3) is 2.62. The molecule has 0 bridgehead atoms. The van der Waals surface area contributed by atoms with Crippen molar-refractivity contribution in [1.82, 2.24) is 0 Å². The largest absolute Gasteiger partial charge is 0.471 e. The number of imide groups is 1. The molecule has 0 radical (unpaired) electrons. The summed E-state index contributed by atoms with van der Waals surface area (Å²) in [6.07, 6.45) is -5.00. The summed E-state index contributed by atoms with van der Waals surface area (Å²) < 4.78 is 36.6. The first-order chi connectivity index (χ1) is 11.3. The van der Waals surface area contributed by atoms with Crippen molar-refractivity contribution in [2.45, 2.75) is 6.18 Å². The van der Waals surface area contributed by atoms with Gasteiger partial charge in [0.15, 0.2) is 0 Å². The molecule has 24 heavy (non-hydrogen) atoms. The van der Waals surface area contributed by atoms with E-state index in [1.165, 1.54) is 36.4 Å². The second-order valence-electron chi connectivity index (χ2n) is 4.99. The number of alkyl halides is 3. The van der Waals surface area contributed by atoms with E-state index in [9.17, 15) is 27.6 Å². The smallest absolute Gasteiger partial charge is 0.318 e. The summed E-state index contributed by atoms with van der Waals surface area (Å²) in [6, 6.07) is 11.2. The summed E-state index contributed by atoms with van der Waals surface area (Å²) in [4.78, 5) is 36.4. The highest BCUT2D eigenvalue weighted by atomic mass is 19.4. The minimum absolute atomic E-state index is 0.0994. The molecule has 0 saturated carbocycles. The molecule has 3 amide bonds. The lowest BCUT2D eigenvalue weighted by molar-refractivity contribution is -0.167. The third-order valence-electron chi connectivity index (χ3n) is 3.43. The molecule has 8 heteroatoms. The van der Waals surface area contributed by atoms with Gasteiger partial charge in [0, 0.05) is 5.69 Å². The Hall–Kier alpha value is -3.16. The topological polar surface area (TPSA) is 66.5 Å². The molecule has 0 aliphatic carbocycles. The monoisotopic (exact) mass is 334 g/mol. The molecule has 1 N–H and O–H groups in total. The molecule has 0 fully saturated rings. The van der Waals surface area contributed by atoms with Gasteiger partial charge in [-0.05, 0) is 36.4 Å². The number of hydrogen-bond donors (Lipinski definition) is 1. The molecular weight excluding hydrogens is 325 g/mol. The maximum atomic E-state index is 12.3. The third-order valence-corrected chi connectivity index (χ3v) is 3.43. The lowest BCUT2D eigenvalue weighted by Gasteiger charge is -2.15. The van der Waals surface area contributed by atoms with Gasteiger partial charge in [0.1, 0.15) is 0 Å². The van der Waals surface area contributed by atoms with Gasteiger partial charge >= 0.3 is 12.1 Å². The van der Waals surface area contributed by atoms with Crippen molar-refractivity contribution in [2.24, 2.45) is 0 Å². The molecule has 0 aromatic heterocycles. The van der Waals surface area contributed by atoms with E-state index in [1.807, 2.05) is 0 Å². The zero-order valence-corrected chi connectivity index (χ0v) is 11.9. The van der Waals surface area contributed by atoms with Gasteiger partial charge in [-0.2, -0.15) is 13.2 Å². The predicted octanol–water partition coefficient (Wildman–Crippen LogP) is 2.99. The molecular formula is C16H9F3N2O3. The lowest BCUT2D eigenvalue weighted by atomic mass is 10.1. The van der Waals surface area contributed by atoms with Crippen molar-refractivity contribution in [1.29, 1.82) is 0 Å². The van der Waals surface area contributed by atoms with Crippen molar-refractivity contribution in [3.05, 3.63) is 59.7 Å². The molecule has 2 aromatic rings. The Bertz CT molecular complexity index is 809. The minimum atomic E-state index is -5.00. The zero-order valence-electron chi connectivity index (χ0n) is 11.9. The van der Waals surface area contributed by atoms with Crippen LogP contribution >= 0.6 is 0 Å². The first-order valence-electron chi connectivity index (χ1n) is 6.75. The average molecular weight is 334 g/mol. The fourth-order valence-corrected chi connectivity index (χ4v) is 2.32. The van der Waals surface area contributed by atoms with Crippen LogP contribution in [0.5, 0.6) is 0 Å². The number of hydrogen-bond acceptors (Lipinski definition) is 3. The van der Waals surface area contributed by atoms with Gasteiger partial charge in [-0.3, -0.25) is 14.4 Å². The van der Waals surface area contributed by atoms with E-state index in [0.717, 1.165) is 4.90 Å². The molecule has 0 unspecified atom stereocenters. The van der Waals surface area contributed by atoms with Crippen LogP contribution < -0.4 is 10.2 Å². The number of nitrogens with one attached hydrogen (secondary N) is 1. The van der Waals surface area contributed by atoms with Crippen LogP contribution in [0.1, 0.15) is 20.7 Å². The Morgan fingerprint density at radius 2 is 1.38 bits per heavy atom. The fourth-order valence-electron chi connectivity index (χ4n) is 2.32. The first kappa shape index (κ1) is 15.7. The highest BCUT2D eigenvalue weighted by Gasteiger charge is 2.39. The number of amides is 3. The van der Waals surface area contributed by atoms with Gasteiger partial charge in [-0.15, -0.1) is 0 Å². The number of carbonyl (C=O) groups excluding carboxylic acids is 3. The van der Waals surface area contributed by atoms with Gasteiger partial charge in [0.2, 0.25) is 0 Å². The SMILES string of the molecule is O=C1c2ccccc2C(=O)N1c1ccc(NC(=O)C(F)(F)F)cc1. The van der Waals surface area contributed by atoms with Gasteiger partial charge in [-0.1, -0.05) is 12.1 Å². The predicted molar refractivity (Wildman–Crippen MR) is 78.7 cm³/mol. The Balaban J connectivity index is 1.84. The number of fused-ring (bicyclic) bond motifs is 1. The second kappa shape index (κ2) is 5.48. The van der Waals surface area contributed by atoms with Crippen LogP contribution in [0, 0.1) is 0 Å². The molecule has 1 aliphatic rings. The van der Waals surface area contributed by atoms with Crippen LogP contribution in [-0.2, 0) is 4.79 Å². The fraction of sp³-hybridized carbons (Fsp3) is 0.0625. The second-order valence-corrected chi connectivity index (χ2v) is 4.99. The lowest BCUT2D eigenvalue weighted by Crippen LogP contribution is -2.30. The minimum Gasteiger partial charge on any atom is -0.318 e. The van der Waals surface area contributed by atoms with Gasteiger partial charge < -0.3 is 5.32 Å². The van der Waals surface area contributed by atoms with Crippen LogP contribution in [0.4, 0.5) is 24.5 Å². The van der Waals surface area contributed by atoms with E-state index in [0.29, 0.717) is 0 Å². The van der Waals surface area contributed by atoms with E-state index >= 15 is 0 Å². The standard InChI is InChI=1S/C16H9F3N2O3/c17-16(18,19)15(24)20-9-5-7-10(8-6-9)21-13(22)11-3-1-2-4-12(11)14(21)23/h1-8H,(H,20,24). The molecule has 1 aliphatic heterocycles. The van der Waals surface area contributed by atoms with Gasteiger partial charge in [0.05, 0.1) is 16.8 Å². The highest BCUT2D eigenvalue weighted by molar-refractivity contribution is 6.34. The number of benzene rings is 2. The molecule has 3 rings (SSSR count). The summed E-state index contributed by atoms with van der Waals surface area (Å²) in [5, 5.41) is 1.69. The maximum Gasteiger partial charge on any atom is 0.471 e. The zero-order chi connectivity index (χ0) is 17.5. The number of rotatable bonds is 2. The summed E-state index contributed by atoms with van der Waals surface area (Å²) >= 11 is 0. The first-order valence-corrected chi connectivity index (χ1v) is 6.75. The van der Waals surface area contributed by atoms with Gasteiger partial charge in [0.25, 0.3) is 11.8 Å². The van der Waals surface area contributed by atoms with E-state index in [-0.39, 0.29) is 22.5 Å². The van der Waals surface area contributed by atoms with Crippen LogP contribution in [0.2, 0.25) is 0 Å². The van der Waals surface area contributed by atoms with Crippen molar-refractivity contribution in [2.75, 3.05) is 10.2 Å². The van der Waals surface area contributed by atoms with E-state index in [2.05, 4.69) is 0 Å². The Morgan fingerprint density at radius 1 is 0.875 bits per heavy atom. The summed E-state index contributed by atoms with van der Waals surface area (Å²) in [7, 11) is 0. The maximum absolute atomic E-state index is 12.3. The molecule has 5 nitrogen and oxygen atoms in total. The number of halogens is 3. The number of anilines is 2. The van der Waals surface area contributed by atoms with Gasteiger partial charge in [-0.25, -0.2) is 4.90 Å². The molecule has 0 saturated heterocycles. The summed E-state index contributed by atoms with van der Waals surface area (Å²) in [6.45, 7) is 0. The van der Waals surface area contributed by atoms with Crippen molar-refractivity contribution < 1.29 is 27.6 Å². The van der Waals surface area contributed by atoms with Crippen LogP contribution in [0.15, 0.2) is 48.5 Å². The van der Waals surface area contributed by atoms with E-state index < -0.39 is 23.9 Å². The van der Waals surface area contributed by atoms with Crippen LogP contribution in [-0.4, -0.2) is 23.9 Å². The van der Waals surface area contributed by atoms with E-state index in [1.54, 1.807) is 17.4 Å². The van der Waals surface area contributed by atoms with Crippen molar-refractivity contribution >= 4 is 29.1 Å². The van der Waals surface area contributed by atoms with E-state index in [4.69, 9.17) is 0 Å². The van der Waals surface area contributed by atoms with Crippen LogP contribution in [0.3, 0.4) is 0 Å². The number of carbonyl (C=O) groups is 3. The molecule has 0 atom stereocenters. The van der Waals surface area contributed by atoms with Crippen molar-refractivity contribution in [3.8, 4) is 0 Å². The number of nitrogens with zero attached hydrogens (tertiary/aromatic N) is 1. The quantitative estimate of drug-likeness (QED) is 0.859. The molecule has 122 valence electrons. The van der Waals surface area contributed by atoms with Crippen molar-refractivity contribution in [3.63, 3.8) is 0 Å². The summed E-state index contributed by atoms with van der Waals surface area (Å²) in [5.41, 5.74) is 0.623. The Kier molecular flexibility index (Phi) is 3.59. The molecule has 0 spiro atoms. The normalized spacial score (nSPS) is 13.9. The molecule has 1 heterocycles. The van der Waals surface area contributed by atoms with Crippen LogP contribution in [0.25, 0.3) is 0 Å². The average Bonchev–Trinajstić information content (AvgIpc) is 2.79. The molecule has 2 aromatic carbocycles.